The standard InChI is InChI=1S/C9H22OSi.C2H6O.2H2O.Ti/c1-7(2)11(10,8(3)4)9(5)6;1-2-3;;;/h7-10H,1-6H3;3H,2H2,1H3;2*1H2;. The van der Waals surface area contributed by atoms with Gasteiger partial charge in [0.05, 0.1) is 0 Å². The van der Waals surface area contributed by atoms with Crippen LogP contribution in [0, 0.1) is 0 Å². The fraction of sp³-hybridized carbons (Fsp3) is 1.00. The maximum atomic E-state index is 10.4. The summed E-state index contributed by atoms with van der Waals surface area (Å²) in [7, 11) is -1.98. The number of rotatable bonds is 3. The second kappa shape index (κ2) is 14.8. The van der Waals surface area contributed by atoms with E-state index in [9.17, 15) is 4.80 Å². The molecule has 0 atom stereocenters. The van der Waals surface area contributed by atoms with Crippen molar-refractivity contribution < 1.29 is 42.6 Å². The number of aliphatic hydroxyl groups is 1. The van der Waals surface area contributed by atoms with Crippen LogP contribution in [0.3, 0.4) is 0 Å². The second-order valence-electron chi connectivity index (χ2n) is 4.67. The van der Waals surface area contributed by atoms with Crippen LogP contribution in [0.5, 0.6) is 0 Å². The summed E-state index contributed by atoms with van der Waals surface area (Å²) in [6.07, 6.45) is 0. The second-order valence-corrected chi connectivity index (χ2v) is 9.91. The molecule has 0 aromatic rings. The van der Waals surface area contributed by atoms with Crippen molar-refractivity contribution in [3.63, 3.8) is 0 Å². The summed E-state index contributed by atoms with van der Waals surface area (Å²) in [5.74, 6) is 0. The Morgan fingerprint density at radius 3 is 0.941 bits per heavy atom. The van der Waals surface area contributed by atoms with Crippen LogP contribution in [0.15, 0.2) is 0 Å². The van der Waals surface area contributed by atoms with Gasteiger partial charge in [0.1, 0.15) is 0 Å². The molecule has 0 fully saturated rings. The van der Waals surface area contributed by atoms with Gasteiger partial charge in [-0.05, 0) is 23.5 Å². The quantitative estimate of drug-likeness (QED) is 0.771. The van der Waals surface area contributed by atoms with Crippen LogP contribution < -0.4 is 0 Å². The van der Waals surface area contributed by atoms with Gasteiger partial charge in [0.25, 0.3) is 0 Å². The van der Waals surface area contributed by atoms with Crippen LogP contribution in [-0.2, 0) is 21.7 Å². The molecule has 6 heteroatoms. The Kier molecular flexibility index (Phi) is 26.7. The maximum absolute atomic E-state index is 10.4. The van der Waals surface area contributed by atoms with Crippen molar-refractivity contribution in [1.82, 2.24) is 0 Å². The third-order valence-corrected chi connectivity index (χ3v) is 8.32. The van der Waals surface area contributed by atoms with E-state index in [1.165, 1.54) is 0 Å². The average Bonchev–Trinajstić information content (AvgIpc) is 2.03. The summed E-state index contributed by atoms with van der Waals surface area (Å²) >= 11 is 0. The largest absolute Gasteiger partial charge is 0.431 e. The van der Waals surface area contributed by atoms with Gasteiger partial charge < -0.3 is 20.9 Å². The first-order valence-electron chi connectivity index (χ1n) is 5.58. The Morgan fingerprint density at radius 1 is 0.824 bits per heavy atom. The maximum Gasteiger partial charge on any atom is 0.196 e. The van der Waals surface area contributed by atoms with E-state index >= 15 is 0 Å². The number of aliphatic hydroxyl groups excluding tert-OH is 1. The van der Waals surface area contributed by atoms with Crippen molar-refractivity contribution >= 4 is 8.32 Å². The van der Waals surface area contributed by atoms with Crippen LogP contribution in [0.4, 0.5) is 0 Å². The van der Waals surface area contributed by atoms with E-state index in [4.69, 9.17) is 5.11 Å². The van der Waals surface area contributed by atoms with E-state index < -0.39 is 8.32 Å². The van der Waals surface area contributed by atoms with Crippen molar-refractivity contribution in [3.8, 4) is 0 Å². The fourth-order valence-electron chi connectivity index (χ4n) is 2.00. The van der Waals surface area contributed by atoms with E-state index in [2.05, 4.69) is 41.5 Å². The molecule has 0 bridgehead atoms. The van der Waals surface area contributed by atoms with E-state index in [0.29, 0.717) is 16.6 Å². The van der Waals surface area contributed by atoms with Gasteiger partial charge in [-0.15, -0.1) is 0 Å². The van der Waals surface area contributed by atoms with Crippen LogP contribution in [-0.4, -0.2) is 35.8 Å². The van der Waals surface area contributed by atoms with Crippen molar-refractivity contribution in [1.29, 1.82) is 0 Å². The predicted octanol–water partition coefficient (Wildman–Crippen LogP) is 1.50. The minimum atomic E-state index is -1.98. The summed E-state index contributed by atoms with van der Waals surface area (Å²) in [6.45, 7) is 14.8. The van der Waals surface area contributed by atoms with Gasteiger partial charge in [0.15, 0.2) is 8.32 Å². The molecule has 0 heterocycles. The first kappa shape index (κ1) is 30.6. The molecule has 0 spiro atoms. The van der Waals surface area contributed by atoms with Crippen LogP contribution in [0.1, 0.15) is 48.5 Å². The van der Waals surface area contributed by atoms with Crippen molar-refractivity contribution in [3.05, 3.63) is 0 Å². The third-order valence-electron chi connectivity index (χ3n) is 2.77. The van der Waals surface area contributed by atoms with Crippen molar-refractivity contribution in [2.75, 3.05) is 6.61 Å². The summed E-state index contributed by atoms with van der Waals surface area (Å²) < 4.78 is 0. The summed E-state index contributed by atoms with van der Waals surface area (Å²) in [6, 6.07) is 0. The van der Waals surface area contributed by atoms with E-state index in [-0.39, 0.29) is 39.3 Å². The molecule has 0 unspecified atom stereocenters. The molecular formula is C11H32O4SiTi. The molecular weight excluding hydrogens is 272 g/mol. The van der Waals surface area contributed by atoms with Crippen LogP contribution in [0.2, 0.25) is 16.6 Å². The molecule has 0 amide bonds. The fourth-order valence-corrected chi connectivity index (χ4v) is 6.00. The van der Waals surface area contributed by atoms with Gasteiger partial charge in [-0.1, -0.05) is 41.5 Å². The molecule has 0 aromatic heterocycles. The number of hydrogen-bond acceptors (Lipinski definition) is 2. The molecule has 6 N–H and O–H groups in total. The normalized spacial score (nSPS) is 9.88. The van der Waals surface area contributed by atoms with E-state index in [1.54, 1.807) is 6.92 Å². The van der Waals surface area contributed by atoms with Gasteiger partial charge in [-0.2, -0.15) is 0 Å². The molecule has 0 aromatic carbocycles. The zero-order valence-corrected chi connectivity index (χ0v) is 14.9. The molecule has 0 aliphatic rings. The minimum Gasteiger partial charge on any atom is -0.431 e. The SMILES string of the molecule is CC(C)[Si](O)(C(C)C)C(C)C.CCO.O.O.[Ti]. The Morgan fingerprint density at radius 2 is 0.941 bits per heavy atom. The van der Waals surface area contributed by atoms with E-state index in [0.717, 1.165) is 0 Å². The average molecular weight is 304 g/mol. The summed E-state index contributed by atoms with van der Waals surface area (Å²) in [5, 5.41) is 7.57. The smallest absolute Gasteiger partial charge is 0.196 e. The monoisotopic (exact) mass is 304 g/mol. The molecule has 0 radical (unpaired) electrons. The molecule has 0 saturated carbocycles. The van der Waals surface area contributed by atoms with Gasteiger partial charge in [-0.3, -0.25) is 0 Å². The Balaban J connectivity index is -0.0000000724. The molecule has 0 saturated heterocycles. The topological polar surface area (TPSA) is 103 Å². The minimum absolute atomic E-state index is 0. The Bertz CT molecular complexity index is 122. The first-order chi connectivity index (χ1) is 6.24. The Labute approximate surface area is 122 Å². The van der Waals surface area contributed by atoms with Crippen LogP contribution in [0.25, 0.3) is 0 Å². The van der Waals surface area contributed by atoms with Gasteiger partial charge >= 0.3 is 0 Å². The van der Waals surface area contributed by atoms with E-state index in [1.807, 2.05) is 0 Å². The Hall–Kier alpha value is 0.771. The predicted molar refractivity (Wildman–Crippen MR) is 73.3 cm³/mol. The van der Waals surface area contributed by atoms with Gasteiger partial charge in [0.2, 0.25) is 0 Å². The van der Waals surface area contributed by atoms with Gasteiger partial charge in [-0.25, -0.2) is 0 Å². The summed E-state index contributed by atoms with van der Waals surface area (Å²) in [5.41, 5.74) is 1.42. The molecule has 4 nitrogen and oxygen atoms in total. The molecule has 0 aliphatic carbocycles. The van der Waals surface area contributed by atoms with Crippen molar-refractivity contribution in [2.45, 2.75) is 65.1 Å². The molecule has 108 valence electrons. The van der Waals surface area contributed by atoms with Gasteiger partial charge in [0, 0.05) is 28.3 Å². The molecule has 0 aliphatic heterocycles. The van der Waals surface area contributed by atoms with Crippen LogP contribution >= 0.6 is 0 Å². The zero-order valence-electron chi connectivity index (χ0n) is 12.3. The molecule has 17 heavy (non-hydrogen) atoms. The number of hydrogen-bond donors (Lipinski definition) is 2. The van der Waals surface area contributed by atoms with Crippen molar-refractivity contribution in [2.24, 2.45) is 0 Å². The molecule has 0 rings (SSSR count). The third kappa shape index (κ3) is 10.4. The first-order valence-corrected chi connectivity index (χ1v) is 7.76. The summed E-state index contributed by atoms with van der Waals surface area (Å²) in [4.78, 5) is 10.4. The zero-order chi connectivity index (χ0) is 11.9.